The second kappa shape index (κ2) is 4.49. The van der Waals surface area contributed by atoms with Crippen molar-refractivity contribution in [3.05, 3.63) is 24.0 Å². The van der Waals surface area contributed by atoms with E-state index in [1.165, 1.54) is 18.6 Å². The number of halogens is 1. The molecule has 0 saturated carbocycles. The van der Waals surface area contributed by atoms with Gasteiger partial charge in [-0.1, -0.05) is 0 Å². The van der Waals surface area contributed by atoms with Crippen molar-refractivity contribution in [2.24, 2.45) is 0 Å². The molecule has 0 radical (unpaired) electrons. The van der Waals surface area contributed by atoms with Crippen LogP contribution in [-0.4, -0.2) is 24.2 Å². The van der Waals surface area contributed by atoms with Gasteiger partial charge in [0.1, 0.15) is 0 Å². The predicted octanol–water partition coefficient (Wildman–Crippen LogP) is 1.70. The van der Waals surface area contributed by atoms with Crippen molar-refractivity contribution < 1.29 is 9.50 Å². The van der Waals surface area contributed by atoms with E-state index in [2.05, 4.69) is 10.6 Å². The number of anilines is 1. The minimum Gasteiger partial charge on any atom is -0.505 e. The molecule has 3 nitrogen and oxygen atoms in total. The fraction of sp³-hybridized carbons (Fsp3) is 0.455. The highest BCUT2D eigenvalue weighted by molar-refractivity contribution is 5.46. The molecule has 15 heavy (non-hydrogen) atoms. The van der Waals surface area contributed by atoms with Crippen molar-refractivity contribution in [1.82, 2.24) is 5.32 Å². The van der Waals surface area contributed by atoms with E-state index in [1.54, 1.807) is 6.07 Å². The maximum absolute atomic E-state index is 13.0. The van der Waals surface area contributed by atoms with Gasteiger partial charge in [-0.15, -0.1) is 0 Å². The Hall–Kier alpha value is -1.29. The third-order valence-corrected chi connectivity index (χ3v) is 2.66. The molecule has 0 bridgehead atoms. The molecule has 1 aliphatic rings. The van der Waals surface area contributed by atoms with Crippen LogP contribution in [0.1, 0.15) is 12.8 Å². The van der Waals surface area contributed by atoms with E-state index in [0.29, 0.717) is 11.7 Å². The second-order valence-corrected chi connectivity index (χ2v) is 3.84. The quantitative estimate of drug-likeness (QED) is 0.665. The highest BCUT2D eigenvalue weighted by atomic mass is 19.1. The van der Waals surface area contributed by atoms with Crippen LogP contribution in [0.2, 0.25) is 0 Å². The van der Waals surface area contributed by atoms with Crippen molar-refractivity contribution in [3.8, 4) is 5.75 Å². The Bertz CT molecular complexity index is 337. The molecule has 0 amide bonds. The van der Waals surface area contributed by atoms with Crippen LogP contribution >= 0.6 is 0 Å². The van der Waals surface area contributed by atoms with Gasteiger partial charge >= 0.3 is 0 Å². The summed E-state index contributed by atoms with van der Waals surface area (Å²) in [5, 5.41) is 15.5. The van der Waals surface area contributed by atoms with Crippen LogP contribution in [0, 0.1) is 5.82 Å². The minimum atomic E-state index is -0.584. The van der Waals surface area contributed by atoms with Crippen LogP contribution in [0.4, 0.5) is 10.1 Å². The van der Waals surface area contributed by atoms with Crippen molar-refractivity contribution in [1.29, 1.82) is 0 Å². The monoisotopic (exact) mass is 210 g/mol. The molecule has 1 aromatic rings. The molecule has 1 unspecified atom stereocenters. The van der Waals surface area contributed by atoms with E-state index in [1.807, 2.05) is 0 Å². The van der Waals surface area contributed by atoms with Crippen molar-refractivity contribution in [2.75, 3.05) is 18.4 Å². The lowest BCUT2D eigenvalue weighted by Crippen LogP contribution is -2.29. The molecule has 0 spiro atoms. The van der Waals surface area contributed by atoms with Crippen LogP contribution < -0.4 is 10.6 Å². The van der Waals surface area contributed by atoms with Crippen LogP contribution in [-0.2, 0) is 0 Å². The third-order valence-electron chi connectivity index (χ3n) is 2.66. The number of hydrogen-bond acceptors (Lipinski definition) is 3. The van der Waals surface area contributed by atoms with Crippen LogP contribution in [0.3, 0.4) is 0 Å². The maximum Gasteiger partial charge on any atom is 0.166 e. The van der Waals surface area contributed by atoms with Gasteiger partial charge < -0.3 is 15.7 Å². The molecule has 1 aromatic carbocycles. The first kappa shape index (κ1) is 10.2. The molecular formula is C11H15FN2O. The summed E-state index contributed by atoms with van der Waals surface area (Å²) < 4.78 is 13.0. The predicted molar refractivity (Wildman–Crippen MR) is 57.6 cm³/mol. The Balaban J connectivity index is 1.90. The summed E-state index contributed by atoms with van der Waals surface area (Å²) in [5.41, 5.74) is 0.707. The molecule has 1 fully saturated rings. The van der Waals surface area contributed by atoms with Crippen LogP contribution in [0.15, 0.2) is 18.2 Å². The Kier molecular flexibility index (Phi) is 3.06. The summed E-state index contributed by atoms with van der Waals surface area (Å²) >= 11 is 0. The standard InChI is InChI=1S/C11H15FN2O/c12-10-6-8(3-4-11(10)15)14-7-9-2-1-5-13-9/h3-4,6,9,13-15H,1-2,5,7H2. The van der Waals surface area contributed by atoms with E-state index < -0.39 is 5.82 Å². The molecule has 4 heteroatoms. The molecule has 1 atom stereocenters. The lowest BCUT2D eigenvalue weighted by Gasteiger charge is -2.12. The van der Waals surface area contributed by atoms with Gasteiger partial charge in [-0.3, -0.25) is 0 Å². The molecular weight excluding hydrogens is 195 g/mol. The van der Waals surface area contributed by atoms with E-state index in [9.17, 15) is 4.39 Å². The number of aromatic hydroxyl groups is 1. The second-order valence-electron chi connectivity index (χ2n) is 3.84. The van der Waals surface area contributed by atoms with Crippen LogP contribution in [0.25, 0.3) is 0 Å². The summed E-state index contributed by atoms with van der Waals surface area (Å²) in [6, 6.07) is 4.82. The average Bonchev–Trinajstić information content (AvgIpc) is 2.73. The Morgan fingerprint density at radius 1 is 1.53 bits per heavy atom. The number of phenolic OH excluding ortho intramolecular Hbond substituents is 1. The number of hydrogen-bond donors (Lipinski definition) is 3. The first-order chi connectivity index (χ1) is 7.25. The lowest BCUT2D eigenvalue weighted by molar-refractivity contribution is 0.432. The Morgan fingerprint density at radius 2 is 2.40 bits per heavy atom. The molecule has 0 aromatic heterocycles. The van der Waals surface area contributed by atoms with Gasteiger partial charge in [0.2, 0.25) is 0 Å². The van der Waals surface area contributed by atoms with Crippen molar-refractivity contribution in [3.63, 3.8) is 0 Å². The smallest absolute Gasteiger partial charge is 0.166 e. The average molecular weight is 210 g/mol. The third kappa shape index (κ3) is 2.59. The summed E-state index contributed by atoms with van der Waals surface area (Å²) in [6.45, 7) is 1.86. The molecule has 82 valence electrons. The SMILES string of the molecule is Oc1ccc(NCC2CCCN2)cc1F. The lowest BCUT2D eigenvalue weighted by atomic mass is 10.2. The number of rotatable bonds is 3. The fourth-order valence-electron chi connectivity index (χ4n) is 1.79. The van der Waals surface area contributed by atoms with Gasteiger partial charge in [0.25, 0.3) is 0 Å². The Morgan fingerprint density at radius 3 is 3.07 bits per heavy atom. The summed E-state index contributed by atoms with van der Waals surface area (Å²) in [4.78, 5) is 0. The van der Waals surface area contributed by atoms with E-state index in [4.69, 9.17) is 5.11 Å². The first-order valence-corrected chi connectivity index (χ1v) is 5.21. The van der Waals surface area contributed by atoms with Gasteiger partial charge in [0.15, 0.2) is 11.6 Å². The van der Waals surface area contributed by atoms with Crippen LogP contribution in [0.5, 0.6) is 5.75 Å². The number of benzene rings is 1. The van der Waals surface area contributed by atoms with Crippen molar-refractivity contribution >= 4 is 5.69 Å². The van der Waals surface area contributed by atoms with Gasteiger partial charge in [-0.05, 0) is 31.5 Å². The molecule has 1 heterocycles. The minimum absolute atomic E-state index is 0.306. The largest absolute Gasteiger partial charge is 0.505 e. The summed E-state index contributed by atoms with van der Waals surface area (Å²) in [5.74, 6) is -0.890. The van der Waals surface area contributed by atoms with Gasteiger partial charge in [0.05, 0.1) is 0 Å². The maximum atomic E-state index is 13.0. The summed E-state index contributed by atoms with van der Waals surface area (Å²) in [6.07, 6.45) is 2.36. The van der Waals surface area contributed by atoms with E-state index >= 15 is 0 Å². The summed E-state index contributed by atoms with van der Waals surface area (Å²) in [7, 11) is 0. The first-order valence-electron chi connectivity index (χ1n) is 5.21. The molecule has 2 rings (SSSR count). The fourth-order valence-corrected chi connectivity index (χ4v) is 1.79. The highest BCUT2D eigenvalue weighted by Gasteiger charge is 2.13. The molecule has 1 aliphatic heterocycles. The van der Waals surface area contributed by atoms with Crippen molar-refractivity contribution in [2.45, 2.75) is 18.9 Å². The van der Waals surface area contributed by atoms with Gasteiger partial charge in [-0.25, -0.2) is 4.39 Å². The molecule has 0 aliphatic carbocycles. The zero-order valence-corrected chi connectivity index (χ0v) is 8.46. The number of phenols is 1. The zero-order chi connectivity index (χ0) is 10.7. The Labute approximate surface area is 88.3 Å². The van der Waals surface area contributed by atoms with E-state index in [-0.39, 0.29) is 5.75 Å². The van der Waals surface area contributed by atoms with Gasteiger partial charge in [0, 0.05) is 24.3 Å². The molecule has 3 N–H and O–H groups in total. The molecule has 1 saturated heterocycles. The topological polar surface area (TPSA) is 44.3 Å². The number of nitrogens with one attached hydrogen (secondary N) is 2. The van der Waals surface area contributed by atoms with E-state index in [0.717, 1.165) is 19.5 Å². The van der Waals surface area contributed by atoms with Gasteiger partial charge in [-0.2, -0.15) is 0 Å². The normalized spacial score (nSPS) is 20.5. The zero-order valence-electron chi connectivity index (χ0n) is 8.46. The highest BCUT2D eigenvalue weighted by Crippen LogP contribution is 2.19.